The van der Waals surface area contributed by atoms with Crippen LogP contribution in [0.4, 0.5) is 0 Å². The number of aliphatic hydroxyl groups excluding tert-OH is 3. The van der Waals surface area contributed by atoms with Gasteiger partial charge in [0.15, 0.2) is 0 Å². The van der Waals surface area contributed by atoms with Crippen LogP contribution in [0.5, 0.6) is 5.75 Å². The molecule has 1 aliphatic heterocycles. The Bertz CT molecular complexity index is 788. The van der Waals surface area contributed by atoms with Gasteiger partial charge in [0.1, 0.15) is 29.6 Å². The summed E-state index contributed by atoms with van der Waals surface area (Å²) in [4.78, 5) is 11.5. The van der Waals surface area contributed by atoms with E-state index in [1.165, 1.54) is 12.1 Å². The van der Waals surface area contributed by atoms with Gasteiger partial charge in [-0.25, -0.2) is 4.79 Å². The first-order chi connectivity index (χ1) is 11.4. The lowest BCUT2D eigenvalue weighted by molar-refractivity contribution is -0.239. The molecule has 2 heterocycles. The van der Waals surface area contributed by atoms with E-state index >= 15 is 0 Å². The number of rotatable bonds is 3. The maximum Gasteiger partial charge on any atom is 0.336 e. The molecule has 1 saturated heterocycles. The van der Waals surface area contributed by atoms with E-state index in [-0.39, 0.29) is 0 Å². The van der Waals surface area contributed by atoms with Crippen LogP contribution < -0.4 is 16.1 Å². The first-order valence-corrected chi connectivity index (χ1v) is 7.50. The van der Waals surface area contributed by atoms with Crippen molar-refractivity contribution >= 4 is 11.0 Å². The van der Waals surface area contributed by atoms with Crippen LogP contribution in [0.15, 0.2) is 33.5 Å². The topological polar surface area (TPSA) is 135 Å². The fourth-order valence-electron chi connectivity index (χ4n) is 2.72. The summed E-state index contributed by atoms with van der Waals surface area (Å²) in [5.41, 5.74) is 6.48. The van der Waals surface area contributed by atoms with Gasteiger partial charge in [-0.3, -0.25) is 0 Å². The van der Waals surface area contributed by atoms with Crippen LogP contribution in [0, 0.1) is 6.92 Å². The smallest absolute Gasteiger partial charge is 0.336 e. The second-order valence-corrected chi connectivity index (χ2v) is 5.81. The highest BCUT2D eigenvalue weighted by Crippen LogP contribution is 2.26. The molecule has 24 heavy (non-hydrogen) atoms. The molecule has 1 aromatic heterocycles. The Balaban J connectivity index is 1.87. The molecule has 0 saturated carbocycles. The lowest BCUT2D eigenvalue weighted by atomic mass is 9.98. The standard InChI is InChI=1S/C16H19NO7/c1-7-4-12(19)23-10-5-8(2-3-9(7)10)22-16-13(17)15(21)14(20)11(6-18)24-16/h2-5,11,13-16,18,20-21H,6,17H2,1H3/t11?,13?,14-,15-,16-/m1/s1. The molecule has 1 fully saturated rings. The summed E-state index contributed by atoms with van der Waals surface area (Å²) in [6, 6.07) is 5.28. The van der Waals surface area contributed by atoms with E-state index in [0.29, 0.717) is 11.3 Å². The van der Waals surface area contributed by atoms with Crippen molar-refractivity contribution in [1.82, 2.24) is 0 Å². The minimum Gasteiger partial charge on any atom is -0.463 e. The maximum absolute atomic E-state index is 11.5. The van der Waals surface area contributed by atoms with Crippen molar-refractivity contribution in [3.63, 3.8) is 0 Å². The van der Waals surface area contributed by atoms with E-state index in [1.54, 1.807) is 19.1 Å². The third kappa shape index (κ3) is 3.02. The van der Waals surface area contributed by atoms with E-state index in [4.69, 9.17) is 19.6 Å². The highest BCUT2D eigenvalue weighted by atomic mass is 16.7. The zero-order chi connectivity index (χ0) is 17.4. The number of aryl methyl sites for hydroxylation is 1. The van der Waals surface area contributed by atoms with Gasteiger partial charge in [0.2, 0.25) is 6.29 Å². The number of ether oxygens (including phenoxy) is 2. The van der Waals surface area contributed by atoms with E-state index in [2.05, 4.69) is 0 Å². The molecule has 2 unspecified atom stereocenters. The Morgan fingerprint density at radius 2 is 2.00 bits per heavy atom. The Morgan fingerprint density at radius 1 is 1.25 bits per heavy atom. The molecule has 0 radical (unpaired) electrons. The summed E-state index contributed by atoms with van der Waals surface area (Å²) >= 11 is 0. The van der Waals surface area contributed by atoms with Gasteiger partial charge in [0.25, 0.3) is 0 Å². The molecule has 0 spiro atoms. The Hall–Kier alpha value is -1.97. The summed E-state index contributed by atoms with van der Waals surface area (Å²) < 4.78 is 16.2. The first-order valence-electron chi connectivity index (χ1n) is 7.50. The average Bonchev–Trinajstić information content (AvgIpc) is 2.55. The maximum atomic E-state index is 11.5. The van der Waals surface area contributed by atoms with Crippen LogP contribution in [0.3, 0.4) is 0 Å². The van der Waals surface area contributed by atoms with Gasteiger partial charge in [0, 0.05) is 17.5 Å². The summed E-state index contributed by atoms with van der Waals surface area (Å²) in [7, 11) is 0. The zero-order valence-electron chi connectivity index (χ0n) is 13.0. The lowest BCUT2D eigenvalue weighted by Crippen LogP contribution is -2.63. The van der Waals surface area contributed by atoms with Gasteiger partial charge in [-0.1, -0.05) is 0 Å². The molecule has 0 amide bonds. The van der Waals surface area contributed by atoms with Gasteiger partial charge >= 0.3 is 5.63 Å². The summed E-state index contributed by atoms with van der Waals surface area (Å²) in [5, 5.41) is 29.7. The zero-order valence-corrected chi connectivity index (χ0v) is 13.0. The molecule has 8 nitrogen and oxygen atoms in total. The highest BCUT2D eigenvalue weighted by Gasteiger charge is 2.43. The third-order valence-electron chi connectivity index (χ3n) is 4.10. The third-order valence-corrected chi connectivity index (χ3v) is 4.10. The molecule has 0 bridgehead atoms. The number of aliphatic hydroxyl groups is 3. The molecule has 130 valence electrons. The first kappa shape index (κ1) is 16.9. The minimum absolute atomic E-state index is 0.317. The van der Waals surface area contributed by atoms with Crippen molar-refractivity contribution < 1.29 is 29.2 Å². The molecule has 1 aromatic carbocycles. The van der Waals surface area contributed by atoms with Crippen molar-refractivity contribution in [2.45, 2.75) is 37.6 Å². The largest absolute Gasteiger partial charge is 0.463 e. The quantitative estimate of drug-likeness (QED) is 0.537. The van der Waals surface area contributed by atoms with Crippen molar-refractivity contribution in [2.24, 2.45) is 5.73 Å². The molecule has 2 aromatic rings. The average molecular weight is 337 g/mol. The van der Waals surface area contributed by atoms with Gasteiger partial charge in [-0.2, -0.15) is 0 Å². The van der Waals surface area contributed by atoms with Crippen LogP contribution in [-0.2, 0) is 4.74 Å². The fourth-order valence-corrected chi connectivity index (χ4v) is 2.72. The van der Waals surface area contributed by atoms with E-state index in [0.717, 1.165) is 10.9 Å². The summed E-state index contributed by atoms with van der Waals surface area (Å²) in [5.74, 6) is 0.317. The second kappa shape index (κ2) is 6.50. The Labute approximate surface area is 137 Å². The Kier molecular flexibility index (Phi) is 4.57. The predicted molar refractivity (Wildman–Crippen MR) is 83.6 cm³/mol. The molecular formula is C16H19NO7. The van der Waals surface area contributed by atoms with E-state index < -0.39 is 42.9 Å². The molecule has 5 N–H and O–H groups in total. The predicted octanol–water partition coefficient (Wildman–Crippen LogP) is -0.753. The number of hydrogen-bond donors (Lipinski definition) is 4. The van der Waals surface area contributed by atoms with Gasteiger partial charge in [0.05, 0.1) is 12.6 Å². The molecule has 3 rings (SSSR count). The van der Waals surface area contributed by atoms with Crippen molar-refractivity contribution in [3.8, 4) is 5.75 Å². The van der Waals surface area contributed by atoms with Crippen LogP contribution >= 0.6 is 0 Å². The van der Waals surface area contributed by atoms with Crippen molar-refractivity contribution in [1.29, 1.82) is 0 Å². The highest BCUT2D eigenvalue weighted by molar-refractivity contribution is 5.81. The minimum atomic E-state index is -1.30. The normalized spacial score (nSPS) is 30.5. The number of hydrogen-bond acceptors (Lipinski definition) is 8. The lowest BCUT2D eigenvalue weighted by Gasteiger charge is -2.40. The monoisotopic (exact) mass is 337 g/mol. The SMILES string of the molecule is Cc1cc(=O)oc2cc(O[C@@H]3OC(CO)[C@@H](O)[C@H](O)C3N)ccc12. The van der Waals surface area contributed by atoms with Crippen LogP contribution in [0.2, 0.25) is 0 Å². The van der Waals surface area contributed by atoms with E-state index in [1.807, 2.05) is 0 Å². The van der Waals surface area contributed by atoms with E-state index in [9.17, 15) is 20.1 Å². The number of benzene rings is 1. The van der Waals surface area contributed by atoms with Crippen molar-refractivity contribution in [2.75, 3.05) is 6.61 Å². The Morgan fingerprint density at radius 3 is 2.71 bits per heavy atom. The second-order valence-electron chi connectivity index (χ2n) is 5.81. The van der Waals surface area contributed by atoms with Crippen molar-refractivity contribution in [3.05, 3.63) is 40.2 Å². The van der Waals surface area contributed by atoms with Crippen LogP contribution in [0.1, 0.15) is 5.56 Å². The van der Waals surface area contributed by atoms with Gasteiger partial charge in [-0.05, 0) is 24.6 Å². The fraction of sp³-hybridized carbons (Fsp3) is 0.438. The van der Waals surface area contributed by atoms with Crippen LogP contribution in [-0.4, -0.2) is 52.6 Å². The molecule has 0 aliphatic carbocycles. The van der Waals surface area contributed by atoms with Gasteiger partial charge < -0.3 is 34.9 Å². The molecule has 8 heteroatoms. The summed E-state index contributed by atoms with van der Waals surface area (Å²) in [6.07, 6.45) is -4.69. The summed E-state index contributed by atoms with van der Waals surface area (Å²) in [6.45, 7) is 1.31. The number of fused-ring (bicyclic) bond motifs is 1. The number of nitrogens with two attached hydrogens (primary N) is 1. The molecular weight excluding hydrogens is 318 g/mol. The van der Waals surface area contributed by atoms with Crippen LogP contribution in [0.25, 0.3) is 11.0 Å². The molecule has 1 aliphatic rings. The van der Waals surface area contributed by atoms with Gasteiger partial charge in [-0.15, -0.1) is 0 Å². The molecule has 5 atom stereocenters.